The van der Waals surface area contributed by atoms with Crippen LogP contribution in [0.4, 0.5) is 4.79 Å². The molecule has 0 aromatic carbocycles. The van der Waals surface area contributed by atoms with Crippen molar-refractivity contribution in [2.75, 3.05) is 13.7 Å². The van der Waals surface area contributed by atoms with Crippen LogP contribution in [0, 0.1) is 0 Å². The molecule has 0 rings (SSSR count). The van der Waals surface area contributed by atoms with Crippen molar-refractivity contribution in [2.24, 2.45) is 0 Å². The number of hydrogen-bond donors (Lipinski definition) is 0. The van der Waals surface area contributed by atoms with Gasteiger partial charge < -0.3 is 9.47 Å². The quantitative estimate of drug-likeness (QED) is 0.348. The zero-order valence-electron chi connectivity index (χ0n) is 6.49. The molecule has 0 atom stereocenters. The highest BCUT2D eigenvalue weighted by Crippen LogP contribution is 1.88. The molecule has 0 aromatic rings. The predicted molar refractivity (Wildman–Crippen MR) is 38.2 cm³/mol. The average Bonchev–Trinajstić information content (AvgIpc) is 2.04. The molecule has 0 aliphatic heterocycles. The summed E-state index contributed by atoms with van der Waals surface area (Å²) in [6.07, 6.45) is 1.42. The van der Waals surface area contributed by atoms with Crippen molar-refractivity contribution >= 4 is 12.4 Å². The fourth-order valence-corrected chi connectivity index (χ4v) is 0.348. The van der Waals surface area contributed by atoms with Crippen LogP contribution in [0.15, 0.2) is 11.6 Å². The molecular formula is C7H10O4. The second-order valence-corrected chi connectivity index (χ2v) is 1.83. The molecule has 0 aliphatic carbocycles. The Morgan fingerprint density at radius 2 is 2.18 bits per heavy atom. The van der Waals surface area contributed by atoms with Gasteiger partial charge in [-0.25, -0.2) is 4.79 Å². The Morgan fingerprint density at radius 3 is 2.64 bits per heavy atom. The predicted octanol–water partition coefficient (Wildman–Crippen LogP) is 0.915. The number of hydrogen-bond acceptors (Lipinski definition) is 4. The van der Waals surface area contributed by atoms with Crippen LogP contribution in [-0.4, -0.2) is 26.2 Å². The van der Waals surface area contributed by atoms with Crippen LogP contribution in [0.1, 0.15) is 6.92 Å². The first-order valence-electron chi connectivity index (χ1n) is 3.03. The van der Waals surface area contributed by atoms with Gasteiger partial charge in [0.15, 0.2) is 0 Å². The van der Waals surface area contributed by atoms with Crippen LogP contribution in [0.3, 0.4) is 0 Å². The third-order valence-electron chi connectivity index (χ3n) is 0.959. The smallest absolute Gasteiger partial charge is 0.438 e. The lowest BCUT2D eigenvalue weighted by Crippen LogP contribution is -2.03. The van der Waals surface area contributed by atoms with Gasteiger partial charge in [-0.15, -0.1) is 0 Å². The number of rotatable bonds is 3. The molecule has 0 fully saturated rings. The third-order valence-corrected chi connectivity index (χ3v) is 0.959. The molecule has 0 amide bonds. The van der Waals surface area contributed by atoms with Gasteiger partial charge in [0, 0.05) is 0 Å². The van der Waals surface area contributed by atoms with E-state index in [0.29, 0.717) is 11.9 Å². The van der Waals surface area contributed by atoms with Gasteiger partial charge in [0.1, 0.15) is 12.9 Å². The molecule has 0 unspecified atom stereocenters. The van der Waals surface area contributed by atoms with Crippen LogP contribution < -0.4 is 0 Å². The van der Waals surface area contributed by atoms with Gasteiger partial charge in [0.25, 0.3) is 0 Å². The maximum absolute atomic E-state index is 10.3. The lowest BCUT2D eigenvalue weighted by Gasteiger charge is -1.97. The van der Waals surface area contributed by atoms with Crippen molar-refractivity contribution in [3.05, 3.63) is 11.6 Å². The van der Waals surface area contributed by atoms with E-state index >= 15 is 0 Å². The zero-order valence-corrected chi connectivity index (χ0v) is 6.49. The van der Waals surface area contributed by atoms with Gasteiger partial charge in [-0.3, -0.25) is 4.79 Å². The first-order chi connectivity index (χ1) is 5.20. The molecule has 62 valence electrons. The van der Waals surface area contributed by atoms with E-state index in [1.807, 2.05) is 0 Å². The van der Waals surface area contributed by atoms with Crippen molar-refractivity contribution in [3.8, 4) is 0 Å². The highest BCUT2D eigenvalue weighted by Gasteiger charge is 1.96. The van der Waals surface area contributed by atoms with E-state index in [9.17, 15) is 9.59 Å². The number of allylic oxidation sites excluding steroid dienone is 1. The second kappa shape index (κ2) is 5.46. The number of aldehydes is 1. The van der Waals surface area contributed by atoms with Crippen LogP contribution in [-0.2, 0) is 14.3 Å². The summed E-state index contributed by atoms with van der Waals surface area (Å²) in [4.78, 5) is 20.3. The summed E-state index contributed by atoms with van der Waals surface area (Å²) in [6.45, 7) is 1.69. The van der Waals surface area contributed by atoms with Crippen molar-refractivity contribution in [2.45, 2.75) is 6.92 Å². The lowest BCUT2D eigenvalue weighted by molar-refractivity contribution is -0.104. The topological polar surface area (TPSA) is 52.6 Å². The standard InChI is InChI=1S/C7H10O4/c1-6(5-8)3-4-11-7(9)10-2/h3,5H,4H2,1-2H3/b6-3+. The molecule has 0 radical (unpaired) electrons. The first-order valence-corrected chi connectivity index (χ1v) is 3.03. The molecule has 11 heavy (non-hydrogen) atoms. The fourth-order valence-electron chi connectivity index (χ4n) is 0.348. The second-order valence-electron chi connectivity index (χ2n) is 1.83. The van der Waals surface area contributed by atoms with Gasteiger partial charge in [0.05, 0.1) is 7.11 Å². The number of ether oxygens (including phenoxy) is 2. The maximum Gasteiger partial charge on any atom is 0.508 e. The SMILES string of the molecule is COC(=O)OC/C=C(\C)C=O. The average molecular weight is 158 g/mol. The first kappa shape index (κ1) is 9.68. The largest absolute Gasteiger partial charge is 0.508 e. The summed E-state index contributed by atoms with van der Waals surface area (Å²) in [5, 5.41) is 0. The van der Waals surface area contributed by atoms with Crippen LogP contribution in [0.25, 0.3) is 0 Å². The molecule has 0 N–H and O–H groups in total. The van der Waals surface area contributed by atoms with E-state index in [4.69, 9.17) is 0 Å². The third kappa shape index (κ3) is 5.14. The van der Waals surface area contributed by atoms with E-state index in [0.717, 1.165) is 0 Å². The van der Waals surface area contributed by atoms with Crippen LogP contribution in [0.2, 0.25) is 0 Å². The highest BCUT2D eigenvalue weighted by atomic mass is 16.7. The van der Waals surface area contributed by atoms with Crippen LogP contribution >= 0.6 is 0 Å². The number of carbonyl (C=O) groups excluding carboxylic acids is 2. The lowest BCUT2D eigenvalue weighted by atomic mass is 10.3. The van der Waals surface area contributed by atoms with E-state index in [2.05, 4.69) is 9.47 Å². The summed E-state index contributed by atoms with van der Waals surface area (Å²) < 4.78 is 8.65. The molecule has 0 heterocycles. The van der Waals surface area contributed by atoms with Crippen molar-refractivity contribution in [3.63, 3.8) is 0 Å². The molecule has 4 nitrogen and oxygen atoms in total. The monoisotopic (exact) mass is 158 g/mol. The molecule has 0 bridgehead atoms. The molecule has 0 saturated carbocycles. The Morgan fingerprint density at radius 1 is 1.55 bits per heavy atom. The highest BCUT2D eigenvalue weighted by molar-refractivity contribution is 5.72. The summed E-state index contributed by atoms with van der Waals surface area (Å²) >= 11 is 0. The molecule has 4 heteroatoms. The molecular weight excluding hydrogens is 148 g/mol. The maximum atomic E-state index is 10.3. The number of carbonyl (C=O) groups is 2. The summed E-state index contributed by atoms with van der Waals surface area (Å²) in [5.41, 5.74) is 0.522. The molecule has 0 saturated heterocycles. The summed E-state index contributed by atoms with van der Waals surface area (Å²) in [6, 6.07) is 0. The van der Waals surface area contributed by atoms with E-state index in [-0.39, 0.29) is 6.61 Å². The van der Waals surface area contributed by atoms with Gasteiger partial charge in [-0.1, -0.05) is 0 Å². The Kier molecular flexibility index (Phi) is 4.81. The Hall–Kier alpha value is -1.32. The van der Waals surface area contributed by atoms with Crippen molar-refractivity contribution in [1.29, 1.82) is 0 Å². The number of methoxy groups -OCH3 is 1. The van der Waals surface area contributed by atoms with Gasteiger partial charge in [0.2, 0.25) is 0 Å². The summed E-state index contributed by atoms with van der Waals surface area (Å²) in [5.74, 6) is 0. The fraction of sp³-hybridized carbons (Fsp3) is 0.429. The van der Waals surface area contributed by atoms with E-state index < -0.39 is 6.16 Å². The van der Waals surface area contributed by atoms with Crippen molar-refractivity contribution in [1.82, 2.24) is 0 Å². The minimum absolute atomic E-state index is 0.0667. The minimum atomic E-state index is -0.750. The van der Waals surface area contributed by atoms with E-state index in [1.165, 1.54) is 13.2 Å². The van der Waals surface area contributed by atoms with Gasteiger partial charge >= 0.3 is 6.16 Å². The summed E-state index contributed by atoms with van der Waals surface area (Å²) in [7, 11) is 1.22. The molecule has 0 spiro atoms. The zero-order chi connectivity index (χ0) is 8.69. The van der Waals surface area contributed by atoms with Crippen LogP contribution in [0.5, 0.6) is 0 Å². The Bertz CT molecular complexity index is 171. The Balaban J connectivity index is 3.56. The Labute approximate surface area is 64.8 Å². The normalized spacial score (nSPS) is 10.5. The molecule has 0 aromatic heterocycles. The molecule has 0 aliphatic rings. The van der Waals surface area contributed by atoms with Gasteiger partial charge in [-0.2, -0.15) is 0 Å². The van der Waals surface area contributed by atoms with Gasteiger partial charge in [-0.05, 0) is 18.6 Å². The minimum Gasteiger partial charge on any atom is -0.438 e. The van der Waals surface area contributed by atoms with E-state index in [1.54, 1.807) is 6.92 Å². The van der Waals surface area contributed by atoms with Crippen molar-refractivity contribution < 1.29 is 19.1 Å².